The molecule has 3 atom stereocenters. The van der Waals surface area contributed by atoms with Crippen molar-refractivity contribution in [2.45, 2.75) is 38.6 Å². The minimum absolute atomic E-state index is 0.243. The van der Waals surface area contributed by atoms with Crippen LogP contribution >= 0.6 is 11.8 Å². The highest BCUT2D eigenvalue weighted by Crippen LogP contribution is 2.35. The third-order valence-electron chi connectivity index (χ3n) is 2.52. The van der Waals surface area contributed by atoms with Gasteiger partial charge in [-0.3, -0.25) is 4.79 Å². The highest BCUT2D eigenvalue weighted by molar-refractivity contribution is 8.13. The highest BCUT2D eigenvalue weighted by Gasteiger charge is 2.61. The van der Waals surface area contributed by atoms with Gasteiger partial charge in [0.05, 0.1) is 0 Å². The zero-order valence-corrected chi connectivity index (χ0v) is 10.3. The van der Waals surface area contributed by atoms with E-state index in [9.17, 15) is 19.8 Å². The second-order valence-electron chi connectivity index (χ2n) is 4.05. The summed E-state index contributed by atoms with van der Waals surface area (Å²) in [4.78, 5) is 23.0. The third kappa shape index (κ3) is 1.97. The van der Waals surface area contributed by atoms with Crippen molar-refractivity contribution in [2.24, 2.45) is 5.92 Å². The maximum atomic E-state index is 11.8. The Morgan fingerprint density at radius 3 is 2.62 bits per heavy atom. The highest BCUT2D eigenvalue weighted by atomic mass is 32.2. The molecule has 5 nitrogen and oxygen atoms in total. The summed E-state index contributed by atoms with van der Waals surface area (Å²) >= 11 is 0.873. The van der Waals surface area contributed by atoms with E-state index in [1.54, 1.807) is 20.8 Å². The largest absolute Gasteiger partial charge is 0.456 e. The SMILES string of the molecule is CCSC(=O)[C@@]1(O)[C@@H](C(C)C)OC(=O)[C@@H]1O. The summed E-state index contributed by atoms with van der Waals surface area (Å²) in [5.74, 6) is -0.717. The maximum Gasteiger partial charge on any atom is 0.339 e. The average Bonchev–Trinajstić information content (AvgIpc) is 2.44. The van der Waals surface area contributed by atoms with Gasteiger partial charge in [0.2, 0.25) is 10.7 Å². The molecule has 0 aliphatic carbocycles. The van der Waals surface area contributed by atoms with Gasteiger partial charge in [-0.25, -0.2) is 4.79 Å². The molecule has 1 aliphatic heterocycles. The Balaban J connectivity index is 3.04. The number of cyclic esters (lactones) is 1. The maximum absolute atomic E-state index is 11.8. The second-order valence-corrected chi connectivity index (χ2v) is 5.29. The lowest BCUT2D eigenvalue weighted by Crippen LogP contribution is -2.54. The topological polar surface area (TPSA) is 83.8 Å². The van der Waals surface area contributed by atoms with Gasteiger partial charge in [0.15, 0.2) is 6.10 Å². The normalized spacial score (nSPS) is 34.2. The first kappa shape index (κ1) is 13.5. The number of aliphatic hydroxyl groups is 2. The van der Waals surface area contributed by atoms with E-state index in [-0.39, 0.29) is 5.92 Å². The van der Waals surface area contributed by atoms with Gasteiger partial charge in [0.25, 0.3) is 0 Å². The molecule has 0 amide bonds. The van der Waals surface area contributed by atoms with Crippen molar-refractivity contribution in [1.82, 2.24) is 0 Å². The van der Waals surface area contributed by atoms with Gasteiger partial charge in [0, 0.05) is 0 Å². The average molecular weight is 248 g/mol. The van der Waals surface area contributed by atoms with E-state index in [1.165, 1.54) is 0 Å². The molecule has 0 aromatic carbocycles. The zero-order valence-electron chi connectivity index (χ0n) is 9.47. The Morgan fingerprint density at radius 2 is 2.19 bits per heavy atom. The Labute approximate surface area is 98.2 Å². The summed E-state index contributed by atoms with van der Waals surface area (Å²) < 4.78 is 4.85. The van der Waals surface area contributed by atoms with Crippen LogP contribution in [0.15, 0.2) is 0 Å². The molecule has 0 spiro atoms. The van der Waals surface area contributed by atoms with Crippen molar-refractivity contribution in [3.05, 3.63) is 0 Å². The molecule has 1 fully saturated rings. The molecule has 1 saturated heterocycles. The van der Waals surface area contributed by atoms with Crippen molar-refractivity contribution in [2.75, 3.05) is 5.75 Å². The first-order chi connectivity index (χ1) is 7.35. The molecular weight excluding hydrogens is 232 g/mol. The van der Waals surface area contributed by atoms with Crippen LogP contribution in [-0.4, -0.2) is 44.9 Å². The number of carbonyl (C=O) groups excluding carboxylic acids is 2. The predicted molar refractivity (Wildman–Crippen MR) is 58.8 cm³/mol. The van der Waals surface area contributed by atoms with Gasteiger partial charge >= 0.3 is 5.97 Å². The minimum Gasteiger partial charge on any atom is -0.456 e. The molecule has 0 aromatic heterocycles. The van der Waals surface area contributed by atoms with Crippen LogP contribution in [0.3, 0.4) is 0 Å². The van der Waals surface area contributed by atoms with Gasteiger partial charge in [-0.15, -0.1) is 0 Å². The molecule has 0 saturated carbocycles. The van der Waals surface area contributed by atoms with E-state index < -0.39 is 28.9 Å². The lowest BCUT2D eigenvalue weighted by atomic mass is 9.87. The van der Waals surface area contributed by atoms with E-state index in [4.69, 9.17) is 4.74 Å². The fraction of sp³-hybridized carbons (Fsp3) is 0.800. The van der Waals surface area contributed by atoms with Crippen LogP contribution < -0.4 is 0 Å². The van der Waals surface area contributed by atoms with Crippen LogP contribution in [0.5, 0.6) is 0 Å². The number of aliphatic hydroxyl groups excluding tert-OH is 1. The number of thioether (sulfide) groups is 1. The van der Waals surface area contributed by atoms with Crippen molar-refractivity contribution in [3.8, 4) is 0 Å². The van der Waals surface area contributed by atoms with Gasteiger partial charge in [-0.2, -0.15) is 0 Å². The number of hydrogen-bond donors (Lipinski definition) is 2. The molecule has 0 radical (unpaired) electrons. The molecule has 1 aliphatic rings. The first-order valence-electron chi connectivity index (χ1n) is 5.13. The second kappa shape index (κ2) is 4.73. The monoisotopic (exact) mass is 248 g/mol. The van der Waals surface area contributed by atoms with Crippen molar-refractivity contribution >= 4 is 22.8 Å². The lowest BCUT2D eigenvalue weighted by molar-refractivity contribution is -0.148. The van der Waals surface area contributed by atoms with E-state index in [0.717, 1.165) is 11.8 Å². The molecule has 0 aromatic rings. The molecule has 16 heavy (non-hydrogen) atoms. The smallest absolute Gasteiger partial charge is 0.339 e. The van der Waals surface area contributed by atoms with E-state index in [0.29, 0.717) is 5.75 Å². The quantitative estimate of drug-likeness (QED) is 0.681. The molecule has 92 valence electrons. The summed E-state index contributed by atoms with van der Waals surface area (Å²) in [6.07, 6.45) is -2.77. The minimum atomic E-state index is -2.12. The van der Waals surface area contributed by atoms with Crippen LogP contribution in [0, 0.1) is 5.92 Å². The van der Waals surface area contributed by atoms with Crippen LogP contribution in [0.2, 0.25) is 0 Å². The lowest BCUT2D eigenvalue weighted by Gasteiger charge is -2.29. The molecular formula is C10H16O5S. The number of carbonyl (C=O) groups is 2. The van der Waals surface area contributed by atoms with E-state index in [2.05, 4.69) is 0 Å². The summed E-state index contributed by atoms with van der Waals surface area (Å²) in [6.45, 7) is 5.18. The molecule has 0 unspecified atom stereocenters. The standard InChI is InChI=1S/C10H16O5S/c1-4-16-9(13)10(14)6(11)8(12)15-7(10)5(2)3/h5-7,11,14H,4H2,1-3H3/t6-,7+,10-/m0/s1. The summed E-state index contributed by atoms with van der Waals surface area (Å²) in [5, 5.41) is 19.1. The predicted octanol–water partition coefficient (Wildman–Crippen LogP) is -0.0605. The number of hydrogen-bond acceptors (Lipinski definition) is 6. The van der Waals surface area contributed by atoms with Crippen LogP contribution in [0.1, 0.15) is 20.8 Å². The number of rotatable bonds is 3. The molecule has 6 heteroatoms. The van der Waals surface area contributed by atoms with Crippen molar-refractivity contribution < 1.29 is 24.5 Å². The van der Waals surface area contributed by atoms with Crippen molar-refractivity contribution in [3.63, 3.8) is 0 Å². The van der Waals surface area contributed by atoms with Gasteiger partial charge in [-0.05, 0) is 11.7 Å². The fourth-order valence-electron chi connectivity index (χ4n) is 1.73. The Morgan fingerprint density at radius 1 is 1.62 bits per heavy atom. The Kier molecular flexibility index (Phi) is 3.98. The fourth-order valence-corrected chi connectivity index (χ4v) is 2.45. The molecule has 1 heterocycles. The Hall–Kier alpha value is -0.590. The van der Waals surface area contributed by atoms with Crippen LogP contribution in [0.25, 0.3) is 0 Å². The van der Waals surface area contributed by atoms with Crippen molar-refractivity contribution in [1.29, 1.82) is 0 Å². The molecule has 1 rings (SSSR count). The third-order valence-corrected chi connectivity index (χ3v) is 3.40. The first-order valence-corrected chi connectivity index (χ1v) is 6.12. The summed E-state index contributed by atoms with van der Waals surface area (Å²) in [5.41, 5.74) is -2.12. The molecule has 2 N–H and O–H groups in total. The van der Waals surface area contributed by atoms with Crippen LogP contribution in [0.4, 0.5) is 0 Å². The Bertz CT molecular complexity index is 304. The van der Waals surface area contributed by atoms with Gasteiger partial charge < -0.3 is 14.9 Å². The van der Waals surface area contributed by atoms with Crippen LogP contribution in [-0.2, 0) is 14.3 Å². The van der Waals surface area contributed by atoms with E-state index >= 15 is 0 Å². The summed E-state index contributed by atoms with van der Waals surface area (Å²) in [7, 11) is 0. The number of esters is 1. The summed E-state index contributed by atoms with van der Waals surface area (Å²) in [6, 6.07) is 0. The number of ether oxygens (including phenoxy) is 1. The molecule has 0 bridgehead atoms. The zero-order chi connectivity index (χ0) is 12.5. The van der Waals surface area contributed by atoms with Gasteiger partial charge in [-0.1, -0.05) is 32.5 Å². The van der Waals surface area contributed by atoms with E-state index in [1.807, 2.05) is 0 Å². The van der Waals surface area contributed by atoms with Gasteiger partial charge in [0.1, 0.15) is 6.10 Å².